The van der Waals surface area contributed by atoms with E-state index in [4.69, 9.17) is 0 Å². The van der Waals surface area contributed by atoms with E-state index in [0.717, 1.165) is 12.1 Å². The molecule has 0 atom stereocenters. The quantitative estimate of drug-likeness (QED) is 0.834. The molecule has 0 radical (unpaired) electrons. The van der Waals surface area contributed by atoms with E-state index in [1.54, 1.807) is 0 Å². The normalized spacial score (nSPS) is 15.7. The topological polar surface area (TPSA) is 49.4 Å². The zero-order valence-corrected chi connectivity index (χ0v) is 9.58. The molecule has 2 rings (SSSR count). The lowest BCUT2D eigenvalue weighted by atomic mass is 10.1. The minimum absolute atomic E-state index is 0.0710. The summed E-state index contributed by atoms with van der Waals surface area (Å²) in [4.78, 5) is 24.2. The molecule has 2 amide bonds. The van der Waals surface area contributed by atoms with E-state index in [9.17, 15) is 18.4 Å². The summed E-state index contributed by atoms with van der Waals surface area (Å²) in [5.74, 6) is -1.41. The van der Waals surface area contributed by atoms with Gasteiger partial charge >= 0.3 is 6.03 Å². The van der Waals surface area contributed by atoms with Crippen molar-refractivity contribution in [2.24, 2.45) is 0 Å². The highest BCUT2D eigenvalue weighted by molar-refractivity contribution is 5.91. The third-order valence-corrected chi connectivity index (χ3v) is 2.78. The number of urea groups is 1. The molecule has 96 valence electrons. The maximum Gasteiger partial charge on any atom is 0.321 e. The Morgan fingerprint density at radius 2 is 1.89 bits per heavy atom. The smallest absolute Gasteiger partial charge is 0.321 e. The summed E-state index contributed by atoms with van der Waals surface area (Å²) >= 11 is 0. The van der Waals surface area contributed by atoms with Gasteiger partial charge in [0, 0.05) is 32.0 Å². The monoisotopic (exact) mass is 254 g/mol. The first-order valence-corrected chi connectivity index (χ1v) is 5.59. The molecule has 0 saturated carbocycles. The molecular weight excluding hydrogens is 242 g/mol. The molecule has 0 bridgehead atoms. The fraction of sp³-hybridized carbons (Fsp3) is 0.333. The number of piperidine rings is 1. The third kappa shape index (κ3) is 2.82. The number of anilines is 1. The van der Waals surface area contributed by atoms with Gasteiger partial charge in [0.2, 0.25) is 0 Å². The van der Waals surface area contributed by atoms with Crippen molar-refractivity contribution in [3.05, 3.63) is 29.8 Å². The highest BCUT2D eigenvalue weighted by Gasteiger charge is 2.21. The highest BCUT2D eigenvalue weighted by atomic mass is 19.1. The Labute approximate surface area is 103 Å². The predicted octanol–water partition coefficient (Wildman–Crippen LogP) is 2.16. The Bertz CT molecular complexity index is 481. The van der Waals surface area contributed by atoms with Crippen LogP contribution >= 0.6 is 0 Å². The average Bonchev–Trinajstić information content (AvgIpc) is 2.33. The number of likely N-dealkylation sites (tertiary alicyclic amines) is 1. The van der Waals surface area contributed by atoms with Crippen molar-refractivity contribution in [2.45, 2.75) is 12.8 Å². The van der Waals surface area contributed by atoms with Crippen molar-refractivity contribution in [3.63, 3.8) is 0 Å². The lowest BCUT2D eigenvalue weighted by Gasteiger charge is -2.26. The molecule has 18 heavy (non-hydrogen) atoms. The number of hydrogen-bond acceptors (Lipinski definition) is 2. The van der Waals surface area contributed by atoms with Crippen LogP contribution in [0, 0.1) is 11.6 Å². The first-order chi connectivity index (χ1) is 8.56. The molecule has 0 aliphatic carbocycles. The Morgan fingerprint density at radius 3 is 2.50 bits per heavy atom. The maximum absolute atomic E-state index is 13.3. The second kappa shape index (κ2) is 5.12. The molecular formula is C12H12F2N2O2. The zero-order valence-electron chi connectivity index (χ0n) is 9.58. The molecule has 4 nitrogen and oxygen atoms in total. The molecule has 0 spiro atoms. The summed E-state index contributed by atoms with van der Waals surface area (Å²) in [6.45, 7) is 0.654. The molecule has 1 fully saturated rings. The average molecular weight is 254 g/mol. The number of halogens is 2. The van der Waals surface area contributed by atoms with Gasteiger partial charge in [-0.1, -0.05) is 0 Å². The Balaban J connectivity index is 2.00. The van der Waals surface area contributed by atoms with Gasteiger partial charge in [-0.2, -0.15) is 0 Å². The van der Waals surface area contributed by atoms with Crippen LogP contribution in [0.3, 0.4) is 0 Å². The van der Waals surface area contributed by atoms with Crippen molar-refractivity contribution < 1.29 is 18.4 Å². The summed E-state index contributed by atoms with van der Waals surface area (Å²) in [6, 6.07) is 2.46. The molecule has 1 N–H and O–H groups in total. The van der Waals surface area contributed by atoms with Crippen molar-refractivity contribution >= 4 is 17.5 Å². The van der Waals surface area contributed by atoms with Crippen LogP contribution in [-0.4, -0.2) is 29.8 Å². The van der Waals surface area contributed by atoms with Crippen LogP contribution in [0.4, 0.5) is 19.3 Å². The van der Waals surface area contributed by atoms with Gasteiger partial charge in [0.05, 0.1) is 5.69 Å². The molecule has 0 unspecified atom stereocenters. The number of amides is 2. The molecule has 6 heteroatoms. The van der Waals surface area contributed by atoms with Gasteiger partial charge in [-0.05, 0) is 12.1 Å². The highest BCUT2D eigenvalue weighted by Crippen LogP contribution is 2.16. The standard InChI is InChI=1S/C12H12F2N2O2/c13-8-1-2-11(10(14)7-8)15-12(18)16-5-3-9(17)4-6-16/h1-2,7H,3-6H2,(H,15,18). The molecule has 0 aromatic heterocycles. The van der Waals surface area contributed by atoms with Crippen molar-refractivity contribution in [1.82, 2.24) is 4.90 Å². The lowest BCUT2D eigenvalue weighted by Crippen LogP contribution is -2.41. The van der Waals surface area contributed by atoms with E-state index in [1.165, 1.54) is 4.90 Å². The molecule has 1 aromatic rings. The number of carbonyl (C=O) groups excluding carboxylic acids is 2. The van der Waals surface area contributed by atoms with Gasteiger partial charge in [-0.15, -0.1) is 0 Å². The van der Waals surface area contributed by atoms with Gasteiger partial charge in [0.1, 0.15) is 17.4 Å². The fourth-order valence-corrected chi connectivity index (χ4v) is 1.74. The van der Waals surface area contributed by atoms with E-state index >= 15 is 0 Å². The second-order valence-corrected chi connectivity index (χ2v) is 4.08. The van der Waals surface area contributed by atoms with Crippen molar-refractivity contribution in [1.29, 1.82) is 0 Å². The summed E-state index contributed by atoms with van der Waals surface area (Å²) in [7, 11) is 0. The molecule has 1 aliphatic rings. The number of nitrogens with zero attached hydrogens (tertiary/aromatic N) is 1. The van der Waals surface area contributed by atoms with E-state index in [2.05, 4.69) is 5.32 Å². The van der Waals surface area contributed by atoms with E-state index in [-0.39, 0.29) is 11.5 Å². The maximum atomic E-state index is 13.3. The number of hydrogen-bond donors (Lipinski definition) is 1. The summed E-state index contributed by atoms with van der Waals surface area (Å²) in [5.41, 5.74) is -0.0710. The Morgan fingerprint density at radius 1 is 1.22 bits per heavy atom. The van der Waals surface area contributed by atoms with Crippen molar-refractivity contribution in [2.75, 3.05) is 18.4 Å². The predicted molar refractivity (Wildman–Crippen MR) is 61.2 cm³/mol. The van der Waals surface area contributed by atoms with Gasteiger partial charge in [0.15, 0.2) is 0 Å². The molecule has 1 aliphatic heterocycles. The van der Waals surface area contributed by atoms with E-state index in [0.29, 0.717) is 32.0 Å². The Kier molecular flexibility index (Phi) is 3.55. The van der Waals surface area contributed by atoms with Crippen LogP contribution < -0.4 is 5.32 Å². The number of Topliss-reactive ketones (excluding diaryl/α,β-unsaturated/α-hetero) is 1. The van der Waals surface area contributed by atoms with Crippen LogP contribution in [0.5, 0.6) is 0 Å². The number of ketones is 1. The first-order valence-electron chi connectivity index (χ1n) is 5.59. The second-order valence-electron chi connectivity index (χ2n) is 4.08. The molecule has 1 saturated heterocycles. The summed E-state index contributed by atoms with van der Waals surface area (Å²) < 4.78 is 26.0. The molecule has 1 heterocycles. The molecule has 1 aromatic carbocycles. The largest absolute Gasteiger partial charge is 0.324 e. The van der Waals surface area contributed by atoms with Crippen LogP contribution in [0.15, 0.2) is 18.2 Å². The van der Waals surface area contributed by atoms with Gasteiger partial charge in [-0.3, -0.25) is 4.79 Å². The minimum atomic E-state index is -0.823. The number of carbonyl (C=O) groups is 2. The van der Waals surface area contributed by atoms with Gasteiger partial charge in [0.25, 0.3) is 0 Å². The first kappa shape index (κ1) is 12.5. The number of rotatable bonds is 1. The van der Waals surface area contributed by atoms with E-state index in [1.807, 2.05) is 0 Å². The summed E-state index contributed by atoms with van der Waals surface area (Å²) in [5, 5.41) is 2.36. The number of nitrogens with one attached hydrogen (secondary N) is 1. The SMILES string of the molecule is O=C1CCN(C(=O)Nc2ccc(F)cc2F)CC1. The Hall–Kier alpha value is -1.98. The number of benzene rings is 1. The third-order valence-electron chi connectivity index (χ3n) is 2.78. The van der Waals surface area contributed by atoms with Crippen molar-refractivity contribution in [3.8, 4) is 0 Å². The van der Waals surface area contributed by atoms with Crippen LogP contribution in [0.2, 0.25) is 0 Å². The van der Waals surface area contributed by atoms with Gasteiger partial charge in [-0.25, -0.2) is 13.6 Å². The zero-order chi connectivity index (χ0) is 13.1. The van der Waals surface area contributed by atoms with Gasteiger partial charge < -0.3 is 10.2 Å². The minimum Gasteiger partial charge on any atom is -0.324 e. The lowest BCUT2D eigenvalue weighted by molar-refractivity contribution is -0.120. The fourth-order valence-electron chi connectivity index (χ4n) is 1.74. The van der Waals surface area contributed by atoms with Crippen LogP contribution in [0.25, 0.3) is 0 Å². The summed E-state index contributed by atoms with van der Waals surface area (Å²) in [6.07, 6.45) is 0.638. The van der Waals surface area contributed by atoms with Crippen LogP contribution in [-0.2, 0) is 4.79 Å². The van der Waals surface area contributed by atoms with Crippen LogP contribution in [0.1, 0.15) is 12.8 Å². The van der Waals surface area contributed by atoms with E-state index < -0.39 is 17.7 Å².